The van der Waals surface area contributed by atoms with Gasteiger partial charge in [0.2, 0.25) is 0 Å². The van der Waals surface area contributed by atoms with Crippen LogP contribution in [0.15, 0.2) is 35.4 Å². The predicted octanol–water partition coefficient (Wildman–Crippen LogP) is 13.1. The van der Waals surface area contributed by atoms with E-state index >= 15 is 4.79 Å². The number of carbonyl (C=O) groups is 4. The lowest BCUT2D eigenvalue weighted by Gasteiger charge is -2.72. The van der Waals surface area contributed by atoms with Gasteiger partial charge in [-0.1, -0.05) is 83.3 Å². The number of hydrogen-bond acceptors (Lipinski definition) is 7. The minimum absolute atomic E-state index is 0.00233. The molecule has 4 saturated carbocycles. The Morgan fingerprint density at radius 3 is 1.98 bits per heavy atom. The van der Waals surface area contributed by atoms with Crippen LogP contribution in [0.4, 0.5) is 4.79 Å². The van der Waals surface area contributed by atoms with Gasteiger partial charge in [-0.2, -0.15) is 0 Å². The molecular weight excluding hydrogens is 798 g/mol. The maximum Gasteiger partial charge on any atom is 0.410 e. The molecule has 0 N–H and O–H groups in total. The van der Waals surface area contributed by atoms with Gasteiger partial charge in [-0.25, -0.2) is 4.79 Å². The summed E-state index contributed by atoms with van der Waals surface area (Å²) >= 11 is 6.23. The van der Waals surface area contributed by atoms with Gasteiger partial charge in [0.25, 0.3) is 0 Å². The first-order valence-electron chi connectivity index (χ1n) is 23.8. The summed E-state index contributed by atoms with van der Waals surface area (Å²) in [6.45, 7) is 31.9. The molecule has 8 atom stereocenters. The lowest BCUT2D eigenvalue weighted by atomic mass is 9.33. The molecule has 0 saturated heterocycles. The Morgan fingerprint density at radius 2 is 1.39 bits per heavy atom. The average Bonchev–Trinajstić information content (AvgIpc) is 3.53. The zero-order valence-electron chi connectivity index (χ0n) is 41.1. The fraction of sp³-hybridized carbons (Fsp3) is 0.774. The molecule has 0 aliphatic heterocycles. The fourth-order valence-corrected chi connectivity index (χ4v) is 14.1. The van der Waals surface area contributed by atoms with Crippen molar-refractivity contribution in [2.75, 3.05) is 6.54 Å². The number of hydrogen-bond donors (Lipinski definition) is 0. The summed E-state index contributed by atoms with van der Waals surface area (Å²) in [4.78, 5) is 57.3. The number of carbonyl (C=O) groups excluding carboxylic acids is 4. The summed E-state index contributed by atoms with van der Waals surface area (Å²) < 4.78 is 18.0. The van der Waals surface area contributed by atoms with Crippen molar-refractivity contribution < 1.29 is 33.4 Å². The highest BCUT2D eigenvalue weighted by Crippen LogP contribution is 2.77. The monoisotopic (exact) mass is 878 g/mol. The lowest BCUT2D eigenvalue weighted by Crippen LogP contribution is -2.66. The lowest BCUT2D eigenvalue weighted by molar-refractivity contribution is -0.233. The smallest absolute Gasteiger partial charge is 0.410 e. The van der Waals surface area contributed by atoms with Crippen molar-refractivity contribution in [3.8, 4) is 0 Å². The number of nitrogens with zero attached hydrogens (tertiary/aromatic N) is 1. The predicted molar refractivity (Wildman–Crippen MR) is 246 cm³/mol. The van der Waals surface area contributed by atoms with Crippen LogP contribution in [0.2, 0.25) is 5.02 Å². The zero-order valence-corrected chi connectivity index (χ0v) is 41.8. The van der Waals surface area contributed by atoms with E-state index in [9.17, 15) is 14.4 Å². The molecule has 1 aromatic carbocycles. The Labute approximate surface area is 379 Å². The number of halogens is 1. The maximum atomic E-state index is 15.3. The van der Waals surface area contributed by atoms with Gasteiger partial charge in [0.05, 0.1) is 23.8 Å². The number of benzene rings is 1. The molecule has 8 nitrogen and oxygen atoms in total. The molecule has 0 spiro atoms. The van der Waals surface area contributed by atoms with Gasteiger partial charge in [0.1, 0.15) is 17.3 Å². The Kier molecular flexibility index (Phi) is 13.0. The largest absolute Gasteiger partial charge is 0.462 e. The number of amides is 1. The van der Waals surface area contributed by atoms with Gasteiger partial charge in [0, 0.05) is 17.0 Å². The minimum Gasteiger partial charge on any atom is -0.462 e. The molecule has 1 amide bonds. The van der Waals surface area contributed by atoms with Gasteiger partial charge in [0.15, 0.2) is 5.78 Å². The number of ether oxygens (including phenoxy) is 3. The van der Waals surface area contributed by atoms with Crippen molar-refractivity contribution in [1.29, 1.82) is 0 Å². The first-order valence-corrected chi connectivity index (χ1v) is 24.2. The van der Waals surface area contributed by atoms with E-state index in [1.165, 1.54) is 11.1 Å². The number of allylic oxidation sites excluding steroid dienone is 2. The third-order valence-electron chi connectivity index (χ3n) is 17.2. The maximum absolute atomic E-state index is 15.3. The summed E-state index contributed by atoms with van der Waals surface area (Å²) in [6, 6.07) is 7.47. The van der Waals surface area contributed by atoms with Crippen molar-refractivity contribution in [2.24, 2.45) is 56.2 Å². The molecule has 6 rings (SSSR count). The Hall–Kier alpha value is -2.87. The third kappa shape index (κ3) is 8.79. The van der Waals surface area contributed by atoms with Gasteiger partial charge in [-0.15, -0.1) is 0 Å². The van der Waals surface area contributed by atoms with Crippen LogP contribution in [0, 0.1) is 56.2 Å². The molecule has 1 unspecified atom stereocenters. The second kappa shape index (κ2) is 16.5. The minimum atomic E-state index is -0.986. The highest BCUT2D eigenvalue weighted by molar-refractivity contribution is 6.30. The number of esters is 2. The molecular formula is C53H80ClNO7. The van der Waals surface area contributed by atoms with Crippen LogP contribution in [-0.2, 0) is 35.1 Å². The van der Waals surface area contributed by atoms with Crippen LogP contribution < -0.4 is 0 Å². The van der Waals surface area contributed by atoms with E-state index in [0.29, 0.717) is 28.7 Å². The molecule has 1 aromatic rings. The molecule has 62 heavy (non-hydrogen) atoms. The van der Waals surface area contributed by atoms with E-state index in [1.54, 1.807) is 18.7 Å². The molecule has 5 aliphatic rings. The summed E-state index contributed by atoms with van der Waals surface area (Å²) in [5.74, 6) is 0.935. The molecule has 9 heteroatoms. The standard InChI is InChI=1S/C53H80ClNO7/c1-33(2)36-22-27-53(40(56)32-55(45(59)62-47(6,7)8)31-34-16-18-35(54)19-17-34)29-28-51(14)37(43(36)53)20-21-39-50(13)25-24-41(49(11,12)38(50)23-26-52(39,51)15)60-42(57)30-48(9,10)44(58)61-46(3,4)5/h16-19,33,37-39,41H,20-32H2,1-15H3/t37-,38?,39-,41+,50+,51-,52-,53-/m1/s1. The third-order valence-corrected chi connectivity index (χ3v) is 17.5. The molecule has 0 aromatic heterocycles. The van der Waals surface area contributed by atoms with E-state index in [4.69, 9.17) is 25.8 Å². The molecule has 0 bridgehead atoms. The van der Waals surface area contributed by atoms with Crippen molar-refractivity contribution in [2.45, 2.75) is 198 Å². The second-order valence-corrected chi connectivity index (χ2v) is 25.0. The van der Waals surface area contributed by atoms with Gasteiger partial charge in [-0.3, -0.25) is 19.3 Å². The van der Waals surface area contributed by atoms with Crippen LogP contribution in [-0.4, -0.2) is 52.6 Å². The topological polar surface area (TPSA) is 99.2 Å². The number of fused-ring (bicyclic) bond motifs is 7. The number of ketones is 1. The van der Waals surface area contributed by atoms with E-state index < -0.39 is 28.1 Å². The molecule has 346 valence electrons. The molecule has 5 aliphatic carbocycles. The van der Waals surface area contributed by atoms with Crippen molar-refractivity contribution in [3.63, 3.8) is 0 Å². The molecule has 4 fully saturated rings. The fourth-order valence-electron chi connectivity index (χ4n) is 14.0. The quantitative estimate of drug-likeness (QED) is 0.131. The Morgan fingerprint density at radius 1 is 0.758 bits per heavy atom. The van der Waals surface area contributed by atoms with Crippen LogP contribution in [0.1, 0.15) is 180 Å². The summed E-state index contributed by atoms with van der Waals surface area (Å²) in [7, 11) is 0. The Bertz CT molecular complexity index is 1930. The first kappa shape index (κ1) is 48.6. The van der Waals surface area contributed by atoms with Crippen LogP contribution in [0.3, 0.4) is 0 Å². The van der Waals surface area contributed by atoms with Crippen molar-refractivity contribution >= 4 is 35.4 Å². The van der Waals surface area contributed by atoms with E-state index in [0.717, 1.165) is 69.8 Å². The normalized spacial score (nSPS) is 33.1. The van der Waals surface area contributed by atoms with Crippen LogP contribution >= 0.6 is 11.6 Å². The molecule has 0 radical (unpaired) electrons. The van der Waals surface area contributed by atoms with Crippen LogP contribution in [0.25, 0.3) is 0 Å². The summed E-state index contributed by atoms with van der Waals surface area (Å²) in [6.07, 6.45) is 8.92. The van der Waals surface area contributed by atoms with Gasteiger partial charge >= 0.3 is 18.0 Å². The summed E-state index contributed by atoms with van der Waals surface area (Å²) in [5.41, 5.74) is 0.767. The first-order chi connectivity index (χ1) is 28.4. The Balaban J connectivity index is 1.25. The highest BCUT2D eigenvalue weighted by atomic mass is 35.5. The van der Waals surface area contributed by atoms with E-state index in [2.05, 4.69) is 48.5 Å². The molecule has 0 heterocycles. The number of rotatable bonds is 10. The SMILES string of the molecule is CC(C)C1=C2[C@H]3CC[C@@H]4[C@@]5(C)CC[C@H](OC(=O)CC(C)(C)C(=O)OC(C)(C)C)C(C)(C)C5CC[C@@]4(C)[C@]3(C)CC[C@@]2(C(=O)CN(Cc2ccc(Cl)cc2)C(=O)OC(C)(C)C)CC1. The highest BCUT2D eigenvalue weighted by Gasteiger charge is 2.70. The van der Waals surface area contributed by atoms with Crippen LogP contribution in [0.5, 0.6) is 0 Å². The summed E-state index contributed by atoms with van der Waals surface area (Å²) in [5, 5.41) is 0.625. The van der Waals surface area contributed by atoms with Crippen molar-refractivity contribution in [1.82, 2.24) is 4.90 Å². The van der Waals surface area contributed by atoms with Gasteiger partial charge in [-0.05, 0) is 177 Å². The van der Waals surface area contributed by atoms with Gasteiger partial charge < -0.3 is 14.2 Å². The number of Topliss-reactive ketones (excluding diaryl/α,β-unsaturated/α-hetero) is 1. The van der Waals surface area contributed by atoms with E-state index in [-0.39, 0.29) is 65.0 Å². The zero-order chi connectivity index (χ0) is 46.2. The van der Waals surface area contributed by atoms with E-state index in [1.807, 2.05) is 65.8 Å². The van der Waals surface area contributed by atoms with Crippen molar-refractivity contribution in [3.05, 3.63) is 46.0 Å². The second-order valence-electron chi connectivity index (χ2n) is 24.6. The average molecular weight is 879 g/mol.